The van der Waals surface area contributed by atoms with Gasteiger partial charge in [-0.15, -0.1) is 0 Å². The number of amides is 1. The summed E-state index contributed by atoms with van der Waals surface area (Å²) in [5, 5.41) is 0. The van der Waals surface area contributed by atoms with Crippen LogP contribution in [-0.4, -0.2) is 30.2 Å². The maximum absolute atomic E-state index is 11.6. The van der Waals surface area contributed by atoms with Gasteiger partial charge in [-0.3, -0.25) is 4.79 Å². The molecule has 1 rings (SSSR count). The Morgan fingerprint density at radius 1 is 1.43 bits per heavy atom. The molecular formula is C11H19NO2. The number of nitrogens with zero attached hydrogens (tertiary/aromatic N) is 1. The van der Waals surface area contributed by atoms with Crippen LogP contribution in [0.15, 0.2) is 0 Å². The van der Waals surface area contributed by atoms with Crippen molar-refractivity contribution in [2.75, 3.05) is 13.1 Å². The predicted molar refractivity (Wildman–Crippen MR) is 54.9 cm³/mol. The molecule has 1 aliphatic heterocycles. The number of likely N-dealkylation sites (tertiary alicyclic amines) is 1. The van der Waals surface area contributed by atoms with Crippen LogP contribution in [0.1, 0.15) is 39.5 Å². The van der Waals surface area contributed by atoms with Gasteiger partial charge in [-0.2, -0.15) is 0 Å². The van der Waals surface area contributed by atoms with Gasteiger partial charge in [-0.25, -0.2) is 0 Å². The van der Waals surface area contributed by atoms with E-state index in [9.17, 15) is 9.59 Å². The summed E-state index contributed by atoms with van der Waals surface area (Å²) < 4.78 is 0. The van der Waals surface area contributed by atoms with Crippen molar-refractivity contribution in [2.45, 2.75) is 39.5 Å². The van der Waals surface area contributed by atoms with Crippen LogP contribution in [-0.2, 0) is 9.59 Å². The van der Waals surface area contributed by atoms with Gasteiger partial charge in [0.15, 0.2) is 0 Å². The molecule has 3 heteroatoms. The van der Waals surface area contributed by atoms with Crippen molar-refractivity contribution >= 4 is 12.2 Å². The Balaban J connectivity index is 2.51. The highest BCUT2D eigenvalue weighted by atomic mass is 16.2. The fourth-order valence-electron chi connectivity index (χ4n) is 1.74. The monoisotopic (exact) mass is 197 g/mol. The fourth-order valence-corrected chi connectivity index (χ4v) is 1.74. The lowest BCUT2D eigenvalue weighted by Gasteiger charge is -2.22. The van der Waals surface area contributed by atoms with Gasteiger partial charge in [-0.05, 0) is 18.3 Å². The molecule has 1 heterocycles. The third kappa shape index (κ3) is 3.13. The van der Waals surface area contributed by atoms with E-state index in [-0.39, 0.29) is 11.3 Å². The van der Waals surface area contributed by atoms with Gasteiger partial charge in [0.2, 0.25) is 5.91 Å². The van der Waals surface area contributed by atoms with Crippen molar-refractivity contribution < 1.29 is 9.59 Å². The lowest BCUT2D eigenvalue weighted by Crippen LogP contribution is -2.31. The predicted octanol–water partition coefficient (Wildman–Crippen LogP) is 1.61. The van der Waals surface area contributed by atoms with Crippen LogP contribution >= 0.6 is 0 Å². The second-order valence-corrected chi connectivity index (χ2v) is 4.75. The maximum Gasteiger partial charge on any atom is 0.222 e. The summed E-state index contributed by atoms with van der Waals surface area (Å²) in [5.74, 6) is 0.206. The summed E-state index contributed by atoms with van der Waals surface area (Å²) in [5.41, 5.74) is 0.269. The van der Waals surface area contributed by atoms with E-state index < -0.39 is 0 Å². The van der Waals surface area contributed by atoms with E-state index in [1.54, 1.807) is 0 Å². The van der Waals surface area contributed by atoms with E-state index in [1.807, 2.05) is 4.90 Å². The third-order valence-electron chi connectivity index (χ3n) is 2.94. The number of carbonyl (C=O) groups excluding carboxylic acids is 2. The first-order chi connectivity index (χ1) is 6.55. The second kappa shape index (κ2) is 4.58. The highest BCUT2D eigenvalue weighted by molar-refractivity contribution is 5.76. The Morgan fingerprint density at radius 3 is 2.79 bits per heavy atom. The molecule has 1 fully saturated rings. The topological polar surface area (TPSA) is 37.4 Å². The molecule has 80 valence electrons. The molecule has 0 aliphatic carbocycles. The van der Waals surface area contributed by atoms with Gasteiger partial charge < -0.3 is 9.69 Å². The van der Waals surface area contributed by atoms with Crippen molar-refractivity contribution in [3.8, 4) is 0 Å². The van der Waals surface area contributed by atoms with Crippen molar-refractivity contribution in [1.82, 2.24) is 4.90 Å². The number of aldehydes is 1. The highest BCUT2D eigenvalue weighted by Gasteiger charge is 2.26. The average molecular weight is 197 g/mol. The van der Waals surface area contributed by atoms with Crippen LogP contribution in [0.2, 0.25) is 0 Å². The summed E-state index contributed by atoms with van der Waals surface area (Å²) in [6.07, 6.45) is 3.97. The largest absolute Gasteiger partial charge is 0.342 e. The molecule has 0 N–H and O–H groups in total. The van der Waals surface area contributed by atoms with E-state index in [0.29, 0.717) is 19.4 Å². The Hall–Kier alpha value is -0.860. The minimum Gasteiger partial charge on any atom is -0.342 e. The SMILES string of the molecule is CC1(C)CCC(=O)N(CCC=O)CC1. The molecule has 0 atom stereocenters. The lowest BCUT2D eigenvalue weighted by atomic mass is 9.85. The molecule has 0 aromatic heterocycles. The lowest BCUT2D eigenvalue weighted by molar-refractivity contribution is -0.130. The summed E-state index contributed by atoms with van der Waals surface area (Å²) in [6.45, 7) is 5.80. The minimum absolute atomic E-state index is 0.206. The van der Waals surface area contributed by atoms with E-state index in [1.165, 1.54) is 0 Å². The van der Waals surface area contributed by atoms with Crippen molar-refractivity contribution in [1.29, 1.82) is 0 Å². The quantitative estimate of drug-likeness (QED) is 0.645. The molecule has 14 heavy (non-hydrogen) atoms. The van der Waals surface area contributed by atoms with Gasteiger partial charge in [0, 0.05) is 25.9 Å². The van der Waals surface area contributed by atoms with E-state index in [4.69, 9.17) is 0 Å². The summed E-state index contributed by atoms with van der Waals surface area (Å²) in [6, 6.07) is 0. The standard InChI is InChI=1S/C11H19NO2/c1-11(2)5-4-10(14)12(8-6-11)7-3-9-13/h9H,3-8H2,1-2H3. The average Bonchev–Trinajstić information content (AvgIpc) is 2.25. The van der Waals surface area contributed by atoms with Crippen LogP contribution in [0.3, 0.4) is 0 Å². The number of hydrogen-bond donors (Lipinski definition) is 0. The van der Waals surface area contributed by atoms with E-state index >= 15 is 0 Å². The first kappa shape index (κ1) is 11.2. The minimum atomic E-state index is 0.206. The molecule has 1 aliphatic rings. The molecule has 0 spiro atoms. The second-order valence-electron chi connectivity index (χ2n) is 4.75. The summed E-state index contributed by atoms with van der Waals surface area (Å²) in [4.78, 5) is 23.7. The van der Waals surface area contributed by atoms with Crippen molar-refractivity contribution in [2.24, 2.45) is 5.41 Å². The third-order valence-corrected chi connectivity index (χ3v) is 2.94. The van der Waals surface area contributed by atoms with Crippen LogP contribution < -0.4 is 0 Å². The molecule has 0 unspecified atom stereocenters. The summed E-state index contributed by atoms with van der Waals surface area (Å²) in [7, 11) is 0. The first-order valence-corrected chi connectivity index (χ1v) is 5.26. The van der Waals surface area contributed by atoms with Crippen LogP contribution in [0.25, 0.3) is 0 Å². The zero-order valence-corrected chi connectivity index (χ0v) is 9.08. The normalized spacial score (nSPS) is 21.9. The molecule has 1 saturated heterocycles. The molecule has 0 aromatic rings. The van der Waals surface area contributed by atoms with Gasteiger partial charge in [0.1, 0.15) is 6.29 Å². The molecule has 0 radical (unpaired) electrons. The van der Waals surface area contributed by atoms with Crippen LogP contribution in [0, 0.1) is 5.41 Å². The molecule has 3 nitrogen and oxygen atoms in total. The molecule has 0 saturated carbocycles. The summed E-state index contributed by atoms with van der Waals surface area (Å²) >= 11 is 0. The number of carbonyl (C=O) groups is 2. The zero-order chi connectivity index (χ0) is 10.6. The zero-order valence-electron chi connectivity index (χ0n) is 9.08. The Bertz CT molecular complexity index is 223. The fraction of sp³-hybridized carbons (Fsp3) is 0.818. The van der Waals surface area contributed by atoms with Gasteiger partial charge in [0.05, 0.1) is 0 Å². The molecule has 0 aromatic carbocycles. The van der Waals surface area contributed by atoms with Gasteiger partial charge in [-0.1, -0.05) is 13.8 Å². The van der Waals surface area contributed by atoms with E-state index in [0.717, 1.165) is 25.7 Å². The first-order valence-electron chi connectivity index (χ1n) is 5.26. The molecular weight excluding hydrogens is 178 g/mol. The molecule has 1 amide bonds. The highest BCUT2D eigenvalue weighted by Crippen LogP contribution is 2.30. The Morgan fingerprint density at radius 2 is 2.14 bits per heavy atom. The van der Waals surface area contributed by atoms with Gasteiger partial charge >= 0.3 is 0 Å². The maximum atomic E-state index is 11.6. The van der Waals surface area contributed by atoms with Crippen LogP contribution in [0.4, 0.5) is 0 Å². The van der Waals surface area contributed by atoms with E-state index in [2.05, 4.69) is 13.8 Å². The number of rotatable bonds is 3. The Labute approximate surface area is 85.5 Å². The van der Waals surface area contributed by atoms with Crippen molar-refractivity contribution in [3.63, 3.8) is 0 Å². The Kier molecular flexibility index (Phi) is 3.67. The van der Waals surface area contributed by atoms with Crippen molar-refractivity contribution in [3.05, 3.63) is 0 Å². The number of hydrogen-bond acceptors (Lipinski definition) is 2. The van der Waals surface area contributed by atoms with Gasteiger partial charge in [0.25, 0.3) is 0 Å². The molecule has 0 bridgehead atoms. The smallest absolute Gasteiger partial charge is 0.222 e. The van der Waals surface area contributed by atoms with Crippen LogP contribution in [0.5, 0.6) is 0 Å².